The van der Waals surface area contributed by atoms with Gasteiger partial charge < -0.3 is 15.7 Å². The van der Waals surface area contributed by atoms with Gasteiger partial charge in [-0.3, -0.25) is 14.7 Å². The number of aromatic nitrogens is 1. The smallest absolute Gasteiger partial charge is 0.407 e. The van der Waals surface area contributed by atoms with Crippen LogP contribution in [0, 0.1) is 11.7 Å². The number of nitrogens with zero attached hydrogens (tertiary/aromatic N) is 3. The lowest BCUT2D eigenvalue weighted by Crippen LogP contribution is -2.58. The minimum atomic E-state index is -3.83. The maximum absolute atomic E-state index is 15.3. The molecule has 2 amide bonds. The molecule has 0 aliphatic carbocycles. The molecule has 0 radical (unpaired) electrons. The first-order valence-electron chi connectivity index (χ1n) is 14.8. The van der Waals surface area contributed by atoms with E-state index >= 15 is 4.39 Å². The van der Waals surface area contributed by atoms with Gasteiger partial charge in [-0.1, -0.05) is 55.8 Å². The lowest BCUT2D eigenvalue weighted by Gasteiger charge is -2.40. The molecule has 45 heavy (non-hydrogen) atoms. The standard InChI is InChI=1S/C32H39ClFN5O5S/c1-20(2)29(22-10-12-23(33)13-11-22)30(38(4)32(41)42)31(40)37-28-19-36-18-27(34)26(28)15-14-24-17-35-16-21(3)39(24)45(43,44)25-8-6-5-7-9-25/h5-13,18-21,24,29-30,35H,14-17H2,1-4H3,(H,37,40)(H,41,42)/t21-,24-,29+,30-/m0/s1. The summed E-state index contributed by atoms with van der Waals surface area (Å²) in [7, 11) is -2.51. The van der Waals surface area contributed by atoms with Crippen LogP contribution in [0.5, 0.6) is 0 Å². The zero-order valence-corrected chi connectivity index (χ0v) is 27.2. The van der Waals surface area contributed by atoms with Crippen molar-refractivity contribution in [3.05, 3.63) is 89.0 Å². The molecule has 3 N–H and O–H groups in total. The number of rotatable bonds is 11. The zero-order chi connectivity index (χ0) is 32.9. The Balaban J connectivity index is 1.62. The molecule has 0 saturated carbocycles. The molecule has 0 bridgehead atoms. The molecule has 10 nitrogen and oxygen atoms in total. The zero-order valence-electron chi connectivity index (χ0n) is 25.7. The second-order valence-corrected chi connectivity index (χ2v) is 13.9. The van der Waals surface area contributed by atoms with Crippen LogP contribution in [-0.2, 0) is 21.2 Å². The fourth-order valence-electron chi connectivity index (χ4n) is 6.03. The fourth-order valence-corrected chi connectivity index (χ4v) is 8.02. The normalized spacial score (nSPS) is 18.7. The van der Waals surface area contributed by atoms with E-state index in [4.69, 9.17) is 11.6 Å². The molecule has 4 rings (SSSR count). The van der Waals surface area contributed by atoms with E-state index in [0.717, 1.165) is 16.7 Å². The van der Waals surface area contributed by atoms with E-state index in [1.165, 1.54) is 17.5 Å². The van der Waals surface area contributed by atoms with Gasteiger partial charge in [0.15, 0.2) is 0 Å². The average molecular weight is 660 g/mol. The van der Waals surface area contributed by atoms with Gasteiger partial charge in [-0.25, -0.2) is 17.6 Å². The number of hydrogen-bond acceptors (Lipinski definition) is 6. The third-order valence-corrected chi connectivity index (χ3v) is 10.6. The van der Waals surface area contributed by atoms with Crippen LogP contribution in [0.4, 0.5) is 14.9 Å². The summed E-state index contributed by atoms with van der Waals surface area (Å²) in [4.78, 5) is 31.1. The summed E-state index contributed by atoms with van der Waals surface area (Å²) in [6, 6.07) is 13.1. The van der Waals surface area contributed by atoms with Crippen molar-refractivity contribution in [1.82, 2.24) is 19.5 Å². The summed E-state index contributed by atoms with van der Waals surface area (Å²) >= 11 is 6.08. The Labute approximate surface area is 268 Å². The van der Waals surface area contributed by atoms with Gasteiger partial charge in [0.25, 0.3) is 0 Å². The molecule has 1 aliphatic heterocycles. The quantitative estimate of drug-likeness (QED) is 0.257. The number of piperazine rings is 1. The molecule has 1 aromatic heterocycles. The minimum Gasteiger partial charge on any atom is -0.465 e. The van der Waals surface area contributed by atoms with Crippen molar-refractivity contribution in [3.63, 3.8) is 0 Å². The van der Waals surface area contributed by atoms with Crippen LogP contribution >= 0.6 is 11.6 Å². The number of sulfonamides is 1. The second-order valence-electron chi connectivity index (χ2n) is 11.6. The molecule has 2 aromatic carbocycles. The Morgan fingerprint density at radius 3 is 2.42 bits per heavy atom. The van der Waals surface area contributed by atoms with Gasteiger partial charge in [-0.15, -0.1) is 0 Å². The first kappa shape index (κ1) is 34.3. The van der Waals surface area contributed by atoms with Crippen LogP contribution in [0.3, 0.4) is 0 Å². The van der Waals surface area contributed by atoms with Gasteiger partial charge in [0.2, 0.25) is 15.9 Å². The summed E-state index contributed by atoms with van der Waals surface area (Å²) in [5, 5.41) is 16.4. The Morgan fingerprint density at radius 1 is 1.13 bits per heavy atom. The Morgan fingerprint density at radius 2 is 1.80 bits per heavy atom. The van der Waals surface area contributed by atoms with Crippen molar-refractivity contribution >= 4 is 39.3 Å². The van der Waals surface area contributed by atoms with E-state index in [1.54, 1.807) is 54.6 Å². The third-order valence-electron chi connectivity index (χ3n) is 8.22. The predicted octanol–water partition coefficient (Wildman–Crippen LogP) is 5.21. The van der Waals surface area contributed by atoms with Crippen molar-refractivity contribution < 1.29 is 27.5 Å². The molecular formula is C32H39ClFN5O5S. The lowest BCUT2D eigenvalue weighted by atomic mass is 9.81. The Bertz CT molecular complexity index is 1590. The van der Waals surface area contributed by atoms with Crippen LogP contribution in [0.1, 0.15) is 44.2 Å². The summed E-state index contributed by atoms with van der Waals surface area (Å²) in [5.74, 6) is -2.03. The number of carboxylic acid groups (broad SMARTS) is 1. The summed E-state index contributed by atoms with van der Waals surface area (Å²) in [6.45, 7) is 6.44. The fraction of sp³-hybridized carbons (Fsp3) is 0.406. The number of anilines is 1. The molecule has 3 aromatic rings. The first-order chi connectivity index (χ1) is 21.3. The van der Waals surface area contributed by atoms with Gasteiger partial charge in [0.05, 0.1) is 23.0 Å². The van der Waals surface area contributed by atoms with Crippen LogP contribution in [0.15, 0.2) is 71.9 Å². The number of benzene rings is 2. The van der Waals surface area contributed by atoms with Crippen LogP contribution in [0.25, 0.3) is 0 Å². The number of likely N-dealkylation sites (N-methyl/N-ethyl adjacent to an activating group) is 1. The van der Waals surface area contributed by atoms with E-state index in [9.17, 15) is 23.1 Å². The van der Waals surface area contributed by atoms with Crippen molar-refractivity contribution in [1.29, 1.82) is 0 Å². The molecule has 1 aliphatic rings. The van der Waals surface area contributed by atoms with E-state index in [0.29, 0.717) is 18.1 Å². The average Bonchev–Trinajstić information content (AvgIpc) is 3.00. The maximum Gasteiger partial charge on any atom is 0.407 e. The van der Waals surface area contributed by atoms with Gasteiger partial charge in [-0.05, 0) is 55.5 Å². The maximum atomic E-state index is 15.3. The summed E-state index contributed by atoms with van der Waals surface area (Å²) < 4.78 is 44.1. The van der Waals surface area contributed by atoms with Crippen LogP contribution in [-0.4, -0.2) is 78.0 Å². The van der Waals surface area contributed by atoms with Crippen molar-refractivity contribution in [2.45, 2.75) is 62.6 Å². The Hall–Kier alpha value is -3.58. The molecule has 13 heteroatoms. The number of hydrogen-bond donors (Lipinski definition) is 3. The highest BCUT2D eigenvalue weighted by molar-refractivity contribution is 7.89. The van der Waals surface area contributed by atoms with Gasteiger partial charge in [0.1, 0.15) is 11.9 Å². The van der Waals surface area contributed by atoms with E-state index in [2.05, 4.69) is 15.6 Å². The molecule has 2 heterocycles. The van der Waals surface area contributed by atoms with Gasteiger partial charge in [-0.2, -0.15) is 4.31 Å². The molecule has 1 saturated heterocycles. The van der Waals surface area contributed by atoms with E-state index < -0.39 is 45.8 Å². The topological polar surface area (TPSA) is 132 Å². The number of pyridine rings is 1. The lowest BCUT2D eigenvalue weighted by molar-refractivity contribution is -0.121. The largest absolute Gasteiger partial charge is 0.465 e. The third kappa shape index (κ3) is 7.81. The molecule has 242 valence electrons. The first-order valence-corrected chi connectivity index (χ1v) is 16.6. The van der Waals surface area contributed by atoms with Crippen LogP contribution in [0.2, 0.25) is 5.02 Å². The highest BCUT2D eigenvalue weighted by Crippen LogP contribution is 2.33. The van der Waals surface area contributed by atoms with Crippen molar-refractivity contribution in [3.8, 4) is 0 Å². The van der Waals surface area contributed by atoms with Crippen molar-refractivity contribution in [2.75, 3.05) is 25.5 Å². The molecule has 0 unspecified atom stereocenters. The SMILES string of the molecule is CC(C)[C@H](c1ccc(Cl)cc1)[C@@H](C(=O)Nc1cncc(F)c1CC[C@H]1CNC[C@H](C)N1S(=O)(=O)c1ccccc1)N(C)C(=O)O. The highest BCUT2D eigenvalue weighted by Gasteiger charge is 2.39. The summed E-state index contributed by atoms with van der Waals surface area (Å²) in [5.41, 5.74) is 0.966. The Kier molecular flexibility index (Phi) is 11.2. The van der Waals surface area contributed by atoms with Gasteiger partial charge >= 0.3 is 6.09 Å². The molecule has 4 atom stereocenters. The number of nitrogens with one attached hydrogen (secondary N) is 2. The van der Waals surface area contributed by atoms with E-state index in [1.807, 2.05) is 20.8 Å². The predicted molar refractivity (Wildman–Crippen MR) is 171 cm³/mol. The minimum absolute atomic E-state index is 0.0913. The number of carbonyl (C=O) groups excluding carboxylic acids is 1. The van der Waals surface area contributed by atoms with Gasteiger partial charge in [0, 0.05) is 48.7 Å². The number of carbonyl (C=O) groups is 2. The van der Waals surface area contributed by atoms with E-state index in [-0.39, 0.29) is 40.9 Å². The molecule has 1 fully saturated rings. The molecule has 0 spiro atoms. The number of halogens is 2. The molecular weight excluding hydrogens is 621 g/mol. The number of amides is 2. The monoisotopic (exact) mass is 659 g/mol. The van der Waals surface area contributed by atoms with Crippen molar-refractivity contribution in [2.24, 2.45) is 5.92 Å². The highest BCUT2D eigenvalue weighted by atomic mass is 35.5. The van der Waals surface area contributed by atoms with Crippen LogP contribution < -0.4 is 10.6 Å². The second kappa shape index (κ2) is 14.7. The summed E-state index contributed by atoms with van der Waals surface area (Å²) in [6.07, 6.45) is 1.41.